The molecular weight excluding hydrogens is 169 g/mol. The van der Waals surface area contributed by atoms with Crippen LogP contribution in [0.1, 0.15) is 6.92 Å². The molecule has 0 saturated carbocycles. The number of alkyl halides is 3. The maximum absolute atomic E-state index is 12.2. The van der Waals surface area contributed by atoms with Crippen molar-refractivity contribution in [1.82, 2.24) is 10.2 Å². The average molecular weight is 184 g/mol. The molecule has 0 heterocycles. The van der Waals surface area contributed by atoms with Crippen LogP contribution >= 0.6 is 0 Å². The van der Waals surface area contributed by atoms with Gasteiger partial charge in [0.2, 0.25) is 0 Å². The number of nitrogens with one attached hydrogen (secondary N) is 1. The predicted molar refractivity (Wildman–Crippen MR) is 42.1 cm³/mol. The van der Waals surface area contributed by atoms with Crippen LogP contribution in [0.3, 0.4) is 0 Å². The van der Waals surface area contributed by atoms with Crippen molar-refractivity contribution in [3.8, 4) is 0 Å². The molecule has 0 aliphatic carbocycles. The van der Waals surface area contributed by atoms with E-state index in [1.807, 2.05) is 0 Å². The van der Waals surface area contributed by atoms with Gasteiger partial charge in [-0.2, -0.15) is 13.2 Å². The largest absolute Gasteiger partial charge is 0.405 e. The Labute approximate surface area is 70.7 Å². The van der Waals surface area contributed by atoms with Crippen LogP contribution in [0, 0.1) is 0 Å². The van der Waals surface area contributed by atoms with Crippen LogP contribution in [0.2, 0.25) is 0 Å². The summed E-state index contributed by atoms with van der Waals surface area (Å²) in [4.78, 5) is 1.17. The predicted octanol–water partition coefficient (Wildman–Crippen LogP) is 1.09. The van der Waals surface area contributed by atoms with Gasteiger partial charge in [0.05, 0.1) is 0 Å². The minimum atomic E-state index is -4.15. The third kappa shape index (κ3) is 3.92. The molecule has 0 bridgehead atoms. The van der Waals surface area contributed by atoms with E-state index in [1.54, 1.807) is 6.92 Å². The van der Waals surface area contributed by atoms with Crippen molar-refractivity contribution in [2.75, 3.05) is 27.2 Å². The Hall–Kier alpha value is -0.290. The fraction of sp³-hybridized carbons (Fsp3) is 1.00. The summed E-state index contributed by atoms with van der Waals surface area (Å²) in [7, 11) is 2.85. The number of hydrogen-bond acceptors (Lipinski definition) is 2. The second-order valence-electron chi connectivity index (χ2n) is 2.83. The molecule has 0 amide bonds. The monoisotopic (exact) mass is 184 g/mol. The highest BCUT2D eigenvalue weighted by Gasteiger charge is 2.40. The molecule has 0 aliphatic rings. The van der Waals surface area contributed by atoms with E-state index in [2.05, 4.69) is 5.32 Å². The van der Waals surface area contributed by atoms with E-state index in [9.17, 15) is 13.2 Å². The molecule has 0 fully saturated rings. The van der Waals surface area contributed by atoms with Crippen molar-refractivity contribution in [2.24, 2.45) is 0 Å². The van der Waals surface area contributed by atoms with Gasteiger partial charge in [0, 0.05) is 6.54 Å². The van der Waals surface area contributed by atoms with E-state index in [1.165, 1.54) is 19.0 Å². The molecule has 1 unspecified atom stereocenters. The fourth-order valence-electron chi connectivity index (χ4n) is 0.872. The van der Waals surface area contributed by atoms with Crippen LogP contribution in [0.15, 0.2) is 0 Å². The highest BCUT2D eigenvalue weighted by atomic mass is 19.4. The molecule has 0 aliphatic heterocycles. The van der Waals surface area contributed by atoms with Gasteiger partial charge in [-0.25, -0.2) is 0 Å². The topological polar surface area (TPSA) is 15.3 Å². The molecule has 0 aromatic carbocycles. The summed E-state index contributed by atoms with van der Waals surface area (Å²) in [5.41, 5.74) is 0. The Kier molecular flexibility index (Phi) is 4.55. The summed E-state index contributed by atoms with van der Waals surface area (Å²) in [5.74, 6) is 0. The van der Waals surface area contributed by atoms with Gasteiger partial charge in [-0.1, -0.05) is 6.92 Å². The van der Waals surface area contributed by atoms with Crippen LogP contribution in [0.4, 0.5) is 13.2 Å². The van der Waals surface area contributed by atoms with Gasteiger partial charge in [0.1, 0.15) is 6.04 Å². The van der Waals surface area contributed by atoms with Gasteiger partial charge in [-0.05, 0) is 20.6 Å². The van der Waals surface area contributed by atoms with E-state index in [4.69, 9.17) is 0 Å². The van der Waals surface area contributed by atoms with Crippen molar-refractivity contribution in [2.45, 2.75) is 19.1 Å². The lowest BCUT2D eigenvalue weighted by atomic mass is 10.2. The van der Waals surface area contributed by atoms with Crippen LogP contribution in [0.25, 0.3) is 0 Å². The number of likely N-dealkylation sites (N-methyl/N-ethyl adjacent to an activating group) is 2. The summed E-state index contributed by atoms with van der Waals surface area (Å²) in [6.45, 7) is 2.29. The third-order valence-corrected chi connectivity index (χ3v) is 1.59. The van der Waals surface area contributed by atoms with Crippen molar-refractivity contribution in [1.29, 1.82) is 0 Å². The first-order valence-electron chi connectivity index (χ1n) is 3.83. The molecule has 2 nitrogen and oxygen atoms in total. The number of hydrogen-bond donors (Lipinski definition) is 1. The number of nitrogens with zero attached hydrogens (tertiary/aromatic N) is 1. The summed E-state index contributed by atoms with van der Waals surface area (Å²) in [6.07, 6.45) is -4.15. The minimum absolute atomic E-state index is 0.0486. The first-order chi connectivity index (χ1) is 5.39. The Morgan fingerprint density at radius 1 is 1.33 bits per heavy atom. The van der Waals surface area contributed by atoms with E-state index in [-0.39, 0.29) is 6.54 Å². The highest BCUT2D eigenvalue weighted by Crippen LogP contribution is 2.22. The second-order valence-corrected chi connectivity index (χ2v) is 2.83. The van der Waals surface area contributed by atoms with Gasteiger partial charge in [-0.3, -0.25) is 4.90 Å². The maximum atomic E-state index is 12.2. The lowest BCUT2D eigenvalue weighted by Gasteiger charge is -2.26. The lowest BCUT2D eigenvalue weighted by Crippen LogP contribution is -2.48. The Morgan fingerprint density at radius 3 is 2.08 bits per heavy atom. The molecule has 74 valence electrons. The molecule has 0 rings (SSSR count). The van der Waals surface area contributed by atoms with E-state index in [0.717, 1.165) is 0 Å². The molecule has 0 aromatic rings. The van der Waals surface area contributed by atoms with Crippen LogP contribution in [-0.4, -0.2) is 44.3 Å². The normalized spacial score (nSPS) is 15.2. The fourth-order valence-corrected chi connectivity index (χ4v) is 0.872. The average Bonchev–Trinajstić information content (AvgIpc) is 1.84. The summed E-state index contributed by atoms with van der Waals surface area (Å²) < 4.78 is 36.6. The Bertz CT molecular complexity index is 122. The zero-order valence-corrected chi connectivity index (χ0v) is 7.57. The number of halogens is 3. The van der Waals surface area contributed by atoms with Gasteiger partial charge in [-0.15, -0.1) is 0 Å². The molecule has 0 spiro atoms. The molecule has 0 radical (unpaired) electrons. The minimum Gasteiger partial charge on any atom is -0.315 e. The van der Waals surface area contributed by atoms with Crippen molar-refractivity contribution >= 4 is 0 Å². The van der Waals surface area contributed by atoms with Gasteiger partial charge >= 0.3 is 6.18 Å². The smallest absolute Gasteiger partial charge is 0.315 e. The summed E-state index contributed by atoms with van der Waals surface area (Å²) in [5, 5.41) is 2.67. The molecule has 0 aromatic heterocycles. The van der Waals surface area contributed by atoms with Crippen molar-refractivity contribution in [3.63, 3.8) is 0 Å². The van der Waals surface area contributed by atoms with Gasteiger partial charge in [0.25, 0.3) is 0 Å². The van der Waals surface area contributed by atoms with E-state index < -0.39 is 12.2 Å². The first-order valence-corrected chi connectivity index (χ1v) is 3.83. The molecule has 0 saturated heterocycles. The van der Waals surface area contributed by atoms with Gasteiger partial charge < -0.3 is 5.32 Å². The SMILES string of the molecule is CCNCC(N(C)C)C(F)(F)F. The second kappa shape index (κ2) is 4.67. The molecule has 12 heavy (non-hydrogen) atoms. The first kappa shape index (κ1) is 11.7. The van der Waals surface area contributed by atoms with Crippen LogP contribution in [0.5, 0.6) is 0 Å². The standard InChI is InChI=1S/C7H15F3N2/c1-4-11-5-6(12(2)3)7(8,9)10/h6,11H,4-5H2,1-3H3. The lowest BCUT2D eigenvalue weighted by molar-refractivity contribution is -0.175. The molecule has 5 heteroatoms. The van der Waals surface area contributed by atoms with E-state index >= 15 is 0 Å². The Balaban J connectivity index is 4.05. The van der Waals surface area contributed by atoms with Crippen molar-refractivity contribution < 1.29 is 13.2 Å². The zero-order chi connectivity index (χ0) is 9.78. The Morgan fingerprint density at radius 2 is 1.83 bits per heavy atom. The summed E-state index contributed by atoms with van der Waals surface area (Å²) >= 11 is 0. The zero-order valence-electron chi connectivity index (χ0n) is 7.57. The molecule has 1 atom stereocenters. The molecular formula is C7H15F3N2. The quantitative estimate of drug-likeness (QED) is 0.703. The van der Waals surface area contributed by atoms with Gasteiger partial charge in [0.15, 0.2) is 0 Å². The van der Waals surface area contributed by atoms with Crippen LogP contribution < -0.4 is 5.32 Å². The van der Waals surface area contributed by atoms with E-state index in [0.29, 0.717) is 6.54 Å². The highest BCUT2D eigenvalue weighted by molar-refractivity contribution is 4.76. The maximum Gasteiger partial charge on any atom is 0.405 e. The number of rotatable bonds is 4. The van der Waals surface area contributed by atoms with Crippen LogP contribution in [-0.2, 0) is 0 Å². The third-order valence-electron chi connectivity index (χ3n) is 1.59. The molecule has 1 N–H and O–H groups in total. The summed E-state index contributed by atoms with van der Waals surface area (Å²) in [6, 6.07) is -1.39. The van der Waals surface area contributed by atoms with Crippen molar-refractivity contribution in [3.05, 3.63) is 0 Å².